The van der Waals surface area contributed by atoms with Crippen LogP contribution in [0.4, 0.5) is 5.69 Å². The highest BCUT2D eigenvalue weighted by Gasteiger charge is 2.71. The van der Waals surface area contributed by atoms with E-state index in [4.69, 9.17) is 9.47 Å². The van der Waals surface area contributed by atoms with Crippen LogP contribution < -0.4 is 10.2 Å². The van der Waals surface area contributed by atoms with Crippen molar-refractivity contribution in [2.75, 3.05) is 31.1 Å². The minimum absolute atomic E-state index is 0.110. The number of esters is 1. The summed E-state index contributed by atoms with van der Waals surface area (Å²) in [6, 6.07) is 4.99. The number of aliphatic hydroxyl groups is 1. The maximum atomic E-state index is 14.6. The number of cyclic esters (lactones) is 1. The first kappa shape index (κ1) is 30.9. The van der Waals surface area contributed by atoms with Crippen LogP contribution in [0.3, 0.4) is 0 Å². The van der Waals surface area contributed by atoms with Crippen molar-refractivity contribution in [3.05, 3.63) is 53.6 Å². The zero-order chi connectivity index (χ0) is 30.7. The Balaban J connectivity index is 1.56. The molecule has 0 radical (unpaired) electrons. The van der Waals surface area contributed by atoms with E-state index in [1.807, 2.05) is 44.2 Å². The highest BCUT2D eigenvalue weighted by Crippen LogP contribution is 2.53. The quantitative estimate of drug-likeness (QED) is 0.283. The number of hydrogen-bond donors (Lipinski definition) is 2. The monoisotopic (exact) mass is 593 g/mol. The van der Waals surface area contributed by atoms with E-state index >= 15 is 0 Å². The third-order valence-electron chi connectivity index (χ3n) is 9.00. The van der Waals surface area contributed by atoms with Crippen LogP contribution in [0, 0.1) is 25.7 Å². The molecule has 0 unspecified atom stereocenters. The molecule has 2 saturated heterocycles. The second-order valence-corrected chi connectivity index (χ2v) is 12.2. The third-order valence-corrected chi connectivity index (χ3v) is 9.00. The Hall–Kier alpha value is -3.50. The number of likely N-dealkylation sites (tertiary alicyclic amines) is 1. The number of anilines is 1. The van der Waals surface area contributed by atoms with Gasteiger partial charge in [-0.1, -0.05) is 49.3 Å². The molecule has 1 aromatic carbocycles. The van der Waals surface area contributed by atoms with Crippen LogP contribution in [0.15, 0.2) is 42.5 Å². The van der Waals surface area contributed by atoms with Crippen LogP contribution in [0.2, 0.25) is 0 Å². The van der Waals surface area contributed by atoms with Crippen LogP contribution in [0.25, 0.3) is 0 Å². The van der Waals surface area contributed by atoms with Crippen molar-refractivity contribution in [3.63, 3.8) is 0 Å². The molecule has 6 atom stereocenters. The summed E-state index contributed by atoms with van der Waals surface area (Å²) in [6.07, 6.45) is 9.51. The summed E-state index contributed by atoms with van der Waals surface area (Å²) in [6.45, 7) is 6.56. The summed E-state index contributed by atoms with van der Waals surface area (Å²) in [5, 5.41) is 12.0. The predicted molar refractivity (Wildman–Crippen MR) is 160 cm³/mol. The van der Waals surface area contributed by atoms with Gasteiger partial charge in [0.15, 0.2) is 0 Å². The number of carbonyl (C=O) groups excluding carboxylic acids is 4. The molecule has 1 spiro atoms. The van der Waals surface area contributed by atoms with Gasteiger partial charge in [0.05, 0.1) is 18.6 Å². The number of benzene rings is 1. The van der Waals surface area contributed by atoms with Gasteiger partial charge in [0.2, 0.25) is 11.8 Å². The molecule has 232 valence electrons. The van der Waals surface area contributed by atoms with Gasteiger partial charge >= 0.3 is 5.97 Å². The fraction of sp³-hybridized carbons (Fsp3) is 0.576. The van der Waals surface area contributed by atoms with Crippen molar-refractivity contribution >= 4 is 29.4 Å². The number of carbonyl (C=O) groups is 4. The Bertz CT molecular complexity index is 1310. The first-order chi connectivity index (χ1) is 20.7. The summed E-state index contributed by atoms with van der Waals surface area (Å²) < 4.78 is 12.5. The van der Waals surface area contributed by atoms with E-state index in [1.54, 1.807) is 28.9 Å². The predicted octanol–water partition coefficient (Wildman–Crippen LogP) is 2.74. The van der Waals surface area contributed by atoms with E-state index < -0.39 is 41.7 Å². The van der Waals surface area contributed by atoms with E-state index in [0.717, 1.165) is 29.7 Å². The van der Waals surface area contributed by atoms with Gasteiger partial charge in [0.1, 0.15) is 23.7 Å². The molecule has 4 aliphatic rings. The second kappa shape index (κ2) is 13.0. The van der Waals surface area contributed by atoms with Gasteiger partial charge in [0.25, 0.3) is 5.91 Å². The standard InChI is InChI=1S/C33H43N3O7/c1-21-13-14-22(2)24(19-21)35-17-10-15-33-28(30(39)36(29(33)31(35)40)16-8-4-5-9-18-37)27-25(43-33)11-6-7-12-26(38)34-20-23(3)42-32(27)41/h6,10-11,13-15,19,23,25,27-29,37H,4-5,7-9,12,16-18,20H2,1-3H3,(H,34,38)/b11-6-/t23-,25-,27+,28+,29-,33+/m1/s1. The molecule has 3 amide bonds. The molecular weight excluding hydrogens is 550 g/mol. The van der Waals surface area contributed by atoms with Gasteiger partial charge in [-0.25, -0.2) is 0 Å². The summed E-state index contributed by atoms with van der Waals surface area (Å²) in [4.78, 5) is 58.3. The lowest BCUT2D eigenvalue weighted by Gasteiger charge is -2.35. The van der Waals surface area contributed by atoms with Gasteiger partial charge < -0.3 is 29.7 Å². The number of amides is 3. The first-order valence-electron chi connectivity index (χ1n) is 15.5. The second-order valence-electron chi connectivity index (χ2n) is 12.2. The molecule has 4 heterocycles. The van der Waals surface area contributed by atoms with Crippen molar-refractivity contribution in [1.29, 1.82) is 0 Å². The molecule has 10 nitrogen and oxygen atoms in total. The lowest BCUT2D eigenvalue weighted by molar-refractivity contribution is -0.158. The zero-order valence-corrected chi connectivity index (χ0v) is 25.3. The van der Waals surface area contributed by atoms with E-state index in [2.05, 4.69) is 5.32 Å². The summed E-state index contributed by atoms with van der Waals surface area (Å²) in [5.41, 5.74) is 1.38. The van der Waals surface area contributed by atoms with Gasteiger partial charge in [-0.2, -0.15) is 0 Å². The van der Waals surface area contributed by atoms with Gasteiger partial charge in [0, 0.05) is 31.8 Å². The highest BCUT2D eigenvalue weighted by molar-refractivity contribution is 6.06. The average Bonchev–Trinajstić information content (AvgIpc) is 3.35. The minimum Gasteiger partial charge on any atom is -0.460 e. The average molecular weight is 594 g/mol. The Morgan fingerprint density at radius 3 is 2.63 bits per heavy atom. The van der Waals surface area contributed by atoms with Crippen LogP contribution in [0.5, 0.6) is 0 Å². The fourth-order valence-corrected chi connectivity index (χ4v) is 6.88. The fourth-order valence-electron chi connectivity index (χ4n) is 6.88. The molecular formula is C33H43N3O7. The maximum Gasteiger partial charge on any atom is 0.313 e. The number of nitrogens with one attached hydrogen (secondary N) is 1. The number of unbranched alkanes of at least 4 members (excludes halogenated alkanes) is 3. The number of nitrogens with zero attached hydrogens (tertiary/aromatic N) is 2. The largest absolute Gasteiger partial charge is 0.460 e. The molecule has 0 aromatic heterocycles. The zero-order valence-electron chi connectivity index (χ0n) is 25.3. The van der Waals surface area contributed by atoms with Gasteiger partial charge in [-0.3, -0.25) is 19.2 Å². The van der Waals surface area contributed by atoms with Crippen molar-refractivity contribution in [3.8, 4) is 0 Å². The molecule has 0 aliphatic carbocycles. The molecule has 1 aromatic rings. The molecule has 0 bridgehead atoms. The van der Waals surface area contributed by atoms with Crippen LogP contribution in [-0.4, -0.2) is 83.8 Å². The van der Waals surface area contributed by atoms with Crippen LogP contribution in [-0.2, 0) is 28.7 Å². The Labute approximate surface area is 253 Å². The number of aryl methyl sites for hydroxylation is 2. The smallest absolute Gasteiger partial charge is 0.313 e. The molecule has 4 aliphatic heterocycles. The van der Waals surface area contributed by atoms with Gasteiger partial charge in [-0.15, -0.1) is 0 Å². The summed E-state index contributed by atoms with van der Waals surface area (Å²) in [7, 11) is 0. The van der Waals surface area contributed by atoms with E-state index in [1.165, 1.54) is 0 Å². The molecule has 5 rings (SSSR count). The van der Waals surface area contributed by atoms with E-state index in [-0.39, 0.29) is 37.3 Å². The molecule has 43 heavy (non-hydrogen) atoms. The normalized spacial score (nSPS) is 31.8. The Kier molecular flexibility index (Phi) is 9.36. The summed E-state index contributed by atoms with van der Waals surface area (Å²) in [5.74, 6) is -3.15. The van der Waals surface area contributed by atoms with Crippen molar-refractivity contribution in [2.45, 2.75) is 83.1 Å². The van der Waals surface area contributed by atoms with Crippen molar-refractivity contribution in [1.82, 2.24) is 10.2 Å². The van der Waals surface area contributed by atoms with Crippen molar-refractivity contribution < 1.29 is 33.8 Å². The highest BCUT2D eigenvalue weighted by atomic mass is 16.6. The van der Waals surface area contributed by atoms with E-state index in [0.29, 0.717) is 32.4 Å². The Morgan fingerprint density at radius 2 is 1.84 bits per heavy atom. The number of hydrogen-bond acceptors (Lipinski definition) is 7. The number of fused-ring (bicyclic) bond motifs is 2. The third kappa shape index (κ3) is 5.99. The number of aliphatic hydroxyl groups excluding tert-OH is 1. The minimum atomic E-state index is -1.36. The molecule has 0 saturated carbocycles. The number of ether oxygens (including phenoxy) is 2. The molecule has 2 N–H and O–H groups in total. The molecule has 2 fully saturated rings. The Morgan fingerprint density at radius 1 is 1.05 bits per heavy atom. The van der Waals surface area contributed by atoms with Crippen molar-refractivity contribution in [2.24, 2.45) is 11.8 Å². The van der Waals surface area contributed by atoms with Gasteiger partial charge in [-0.05, 0) is 57.2 Å². The number of rotatable bonds is 7. The van der Waals surface area contributed by atoms with Crippen LogP contribution >= 0.6 is 0 Å². The SMILES string of the molecule is Cc1ccc(C)c(N2CC=C[C@]34O[C@@H]5/C=C\CCC(=O)NC[C@@H](C)OC(=O)[C@@H]5[C@H]3C(=O)N(CCCCCCO)[C@@H]4C2=O)c1. The first-order valence-corrected chi connectivity index (χ1v) is 15.5. The lowest BCUT2D eigenvalue weighted by Crippen LogP contribution is -2.55. The number of allylic oxidation sites excluding steroid dienone is 1. The lowest BCUT2D eigenvalue weighted by atomic mass is 9.78. The summed E-state index contributed by atoms with van der Waals surface area (Å²) >= 11 is 0. The topological polar surface area (TPSA) is 125 Å². The van der Waals surface area contributed by atoms with Crippen LogP contribution in [0.1, 0.15) is 56.6 Å². The van der Waals surface area contributed by atoms with E-state index in [9.17, 15) is 24.3 Å². The maximum absolute atomic E-state index is 14.6. The molecule has 10 heteroatoms.